The van der Waals surface area contributed by atoms with E-state index in [1.54, 1.807) is 30.6 Å². The quantitative estimate of drug-likeness (QED) is 0.571. The number of benzene rings is 1. The summed E-state index contributed by atoms with van der Waals surface area (Å²) in [6, 6.07) is 16.2. The topological polar surface area (TPSA) is 86.7 Å². The Morgan fingerprint density at radius 1 is 0.960 bits per heavy atom. The van der Waals surface area contributed by atoms with Gasteiger partial charge in [-0.15, -0.1) is 0 Å². The highest BCUT2D eigenvalue weighted by atomic mass is 16.5. The van der Waals surface area contributed by atoms with Crippen molar-refractivity contribution >= 4 is 0 Å². The lowest BCUT2D eigenvalue weighted by Crippen LogP contribution is -2.22. The third-order valence-electron chi connectivity index (χ3n) is 3.63. The van der Waals surface area contributed by atoms with Crippen LogP contribution in [0.5, 0.6) is 0 Å². The smallest absolute Gasteiger partial charge is 0.278 e. The zero-order valence-electron chi connectivity index (χ0n) is 13.1. The molecule has 0 aliphatic rings. The van der Waals surface area contributed by atoms with Crippen molar-refractivity contribution in [2.24, 2.45) is 0 Å². The highest BCUT2D eigenvalue weighted by Crippen LogP contribution is 2.19. The molecule has 0 saturated heterocycles. The highest BCUT2D eigenvalue weighted by Gasteiger charge is 2.13. The second kappa shape index (κ2) is 6.48. The van der Waals surface area contributed by atoms with Crippen molar-refractivity contribution in [2.75, 3.05) is 0 Å². The van der Waals surface area contributed by atoms with Crippen molar-refractivity contribution in [3.63, 3.8) is 0 Å². The SMILES string of the molecule is O=c1ccc(-c2nc(-c3ccncc3)no2)nn1Cc1ccccc1. The van der Waals surface area contributed by atoms with Gasteiger partial charge in [0, 0.05) is 24.0 Å². The first kappa shape index (κ1) is 14.9. The van der Waals surface area contributed by atoms with Crippen LogP contribution in [0.25, 0.3) is 23.0 Å². The molecule has 7 nitrogen and oxygen atoms in total. The van der Waals surface area contributed by atoms with Gasteiger partial charge in [0.25, 0.3) is 11.4 Å². The first-order chi connectivity index (χ1) is 12.3. The summed E-state index contributed by atoms with van der Waals surface area (Å²) in [5, 5.41) is 8.30. The van der Waals surface area contributed by atoms with Crippen molar-refractivity contribution in [1.29, 1.82) is 0 Å². The van der Waals surface area contributed by atoms with Gasteiger partial charge in [0.15, 0.2) is 0 Å². The van der Waals surface area contributed by atoms with Gasteiger partial charge < -0.3 is 4.52 Å². The van der Waals surface area contributed by atoms with E-state index in [1.165, 1.54) is 10.7 Å². The molecule has 3 heterocycles. The molecule has 0 amide bonds. The molecule has 1 aromatic carbocycles. The second-order valence-corrected chi connectivity index (χ2v) is 5.36. The summed E-state index contributed by atoms with van der Waals surface area (Å²) >= 11 is 0. The molecule has 0 fully saturated rings. The Morgan fingerprint density at radius 2 is 1.76 bits per heavy atom. The Balaban J connectivity index is 1.66. The van der Waals surface area contributed by atoms with E-state index in [0.29, 0.717) is 18.1 Å². The lowest BCUT2D eigenvalue weighted by atomic mass is 10.2. The molecule has 0 radical (unpaired) electrons. The number of hydrogen-bond donors (Lipinski definition) is 0. The Morgan fingerprint density at radius 3 is 2.56 bits per heavy atom. The fraction of sp³-hybridized carbons (Fsp3) is 0.0556. The first-order valence-corrected chi connectivity index (χ1v) is 7.66. The maximum atomic E-state index is 12.1. The van der Waals surface area contributed by atoms with Crippen LogP contribution < -0.4 is 5.56 Å². The molecular formula is C18H13N5O2. The van der Waals surface area contributed by atoms with Gasteiger partial charge in [-0.3, -0.25) is 9.78 Å². The van der Waals surface area contributed by atoms with Crippen LogP contribution in [-0.4, -0.2) is 24.9 Å². The van der Waals surface area contributed by atoms with E-state index >= 15 is 0 Å². The molecule has 3 aromatic heterocycles. The van der Waals surface area contributed by atoms with Gasteiger partial charge in [-0.05, 0) is 23.8 Å². The van der Waals surface area contributed by atoms with Crippen molar-refractivity contribution in [3.05, 3.63) is 82.9 Å². The molecule has 0 N–H and O–H groups in total. The third kappa shape index (κ3) is 3.20. The van der Waals surface area contributed by atoms with E-state index in [0.717, 1.165) is 11.1 Å². The zero-order valence-corrected chi connectivity index (χ0v) is 13.1. The third-order valence-corrected chi connectivity index (χ3v) is 3.63. The average Bonchev–Trinajstić information content (AvgIpc) is 3.15. The van der Waals surface area contributed by atoms with Gasteiger partial charge in [-0.1, -0.05) is 35.5 Å². The number of hydrogen-bond acceptors (Lipinski definition) is 6. The minimum absolute atomic E-state index is 0.193. The molecule has 0 saturated carbocycles. The van der Waals surface area contributed by atoms with E-state index in [2.05, 4.69) is 20.2 Å². The zero-order chi connectivity index (χ0) is 17.1. The van der Waals surface area contributed by atoms with Crippen LogP contribution in [-0.2, 0) is 6.54 Å². The van der Waals surface area contributed by atoms with Crippen LogP contribution in [0, 0.1) is 0 Å². The van der Waals surface area contributed by atoms with Gasteiger partial charge in [-0.25, -0.2) is 4.68 Å². The summed E-state index contributed by atoms with van der Waals surface area (Å²) in [7, 11) is 0. The van der Waals surface area contributed by atoms with Crippen LogP contribution in [0.1, 0.15) is 5.56 Å². The van der Waals surface area contributed by atoms with Crippen molar-refractivity contribution in [1.82, 2.24) is 24.9 Å². The summed E-state index contributed by atoms with van der Waals surface area (Å²) in [6.45, 7) is 0.374. The van der Waals surface area contributed by atoms with Crippen molar-refractivity contribution in [3.8, 4) is 23.0 Å². The molecule has 25 heavy (non-hydrogen) atoms. The number of aromatic nitrogens is 5. The summed E-state index contributed by atoms with van der Waals surface area (Å²) < 4.78 is 6.67. The van der Waals surface area contributed by atoms with E-state index in [-0.39, 0.29) is 11.4 Å². The first-order valence-electron chi connectivity index (χ1n) is 7.66. The van der Waals surface area contributed by atoms with Crippen LogP contribution in [0.15, 0.2) is 76.3 Å². The monoisotopic (exact) mass is 331 g/mol. The minimum atomic E-state index is -0.193. The molecule has 0 spiro atoms. The predicted molar refractivity (Wildman–Crippen MR) is 90.6 cm³/mol. The number of pyridine rings is 1. The molecule has 0 bridgehead atoms. The minimum Gasteiger partial charge on any atom is -0.332 e. The number of nitrogens with zero attached hydrogens (tertiary/aromatic N) is 5. The van der Waals surface area contributed by atoms with E-state index in [9.17, 15) is 4.79 Å². The molecule has 0 unspecified atom stereocenters. The van der Waals surface area contributed by atoms with Gasteiger partial charge in [0.2, 0.25) is 5.82 Å². The molecule has 122 valence electrons. The lowest BCUT2D eigenvalue weighted by Gasteiger charge is -2.05. The fourth-order valence-corrected chi connectivity index (χ4v) is 2.38. The van der Waals surface area contributed by atoms with Crippen molar-refractivity contribution < 1.29 is 4.52 Å². The van der Waals surface area contributed by atoms with Crippen LogP contribution >= 0.6 is 0 Å². The van der Waals surface area contributed by atoms with Gasteiger partial charge in [0.1, 0.15) is 5.69 Å². The summed E-state index contributed by atoms with van der Waals surface area (Å²) in [5.41, 5.74) is 2.03. The summed E-state index contributed by atoms with van der Waals surface area (Å²) in [5.74, 6) is 0.702. The fourth-order valence-electron chi connectivity index (χ4n) is 2.38. The second-order valence-electron chi connectivity index (χ2n) is 5.36. The largest absolute Gasteiger partial charge is 0.332 e. The molecule has 0 aliphatic carbocycles. The highest BCUT2D eigenvalue weighted by molar-refractivity contribution is 5.56. The molecule has 7 heteroatoms. The molecule has 0 atom stereocenters. The van der Waals surface area contributed by atoms with Gasteiger partial charge in [0.05, 0.1) is 6.54 Å². The van der Waals surface area contributed by atoms with Crippen LogP contribution in [0.3, 0.4) is 0 Å². The van der Waals surface area contributed by atoms with Gasteiger partial charge >= 0.3 is 0 Å². The Bertz CT molecular complexity index is 1040. The Kier molecular flexibility index (Phi) is 3.88. The predicted octanol–water partition coefficient (Wildman–Crippen LogP) is 2.40. The van der Waals surface area contributed by atoms with Crippen molar-refractivity contribution in [2.45, 2.75) is 6.54 Å². The van der Waals surface area contributed by atoms with Crippen LogP contribution in [0.4, 0.5) is 0 Å². The average molecular weight is 331 g/mol. The van der Waals surface area contributed by atoms with Crippen LogP contribution in [0.2, 0.25) is 0 Å². The number of rotatable bonds is 4. The van der Waals surface area contributed by atoms with Gasteiger partial charge in [-0.2, -0.15) is 10.1 Å². The summed E-state index contributed by atoms with van der Waals surface area (Å²) in [6.07, 6.45) is 3.31. The molecule has 4 rings (SSSR count). The molecule has 0 aliphatic heterocycles. The van der Waals surface area contributed by atoms with E-state index in [1.807, 2.05) is 30.3 Å². The Labute approximate surface area is 142 Å². The summed E-state index contributed by atoms with van der Waals surface area (Å²) in [4.78, 5) is 20.4. The maximum absolute atomic E-state index is 12.1. The lowest BCUT2D eigenvalue weighted by molar-refractivity contribution is 0.429. The van der Waals surface area contributed by atoms with E-state index < -0.39 is 0 Å². The normalized spacial score (nSPS) is 10.7. The van der Waals surface area contributed by atoms with E-state index in [4.69, 9.17) is 4.52 Å². The molecular weight excluding hydrogens is 318 g/mol. The maximum Gasteiger partial charge on any atom is 0.278 e. The standard InChI is InChI=1S/C18H13N5O2/c24-16-7-6-15(21-23(16)12-13-4-2-1-3-5-13)18-20-17(22-25-18)14-8-10-19-11-9-14/h1-11H,12H2. The Hall–Kier alpha value is -3.61. The molecule has 4 aromatic rings.